The SMILES string of the molecule is CCCN(CC)C(=O)Nc1cc(C(=O)O)cc(C(=O)O)c1. The van der Waals surface area contributed by atoms with Gasteiger partial charge in [0.2, 0.25) is 0 Å². The summed E-state index contributed by atoms with van der Waals surface area (Å²) in [4.78, 5) is 35.5. The Bertz CT molecular complexity index is 524. The zero-order valence-corrected chi connectivity index (χ0v) is 11.9. The Hall–Kier alpha value is -2.57. The predicted molar refractivity (Wildman–Crippen MR) is 76.9 cm³/mol. The van der Waals surface area contributed by atoms with Crippen LogP contribution in [0.2, 0.25) is 0 Å². The van der Waals surface area contributed by atoms with Gasteiger partial charge in [-0.25, -0.2) is 14.4 Å². The van der Waals surface area contributed by atoms with E-state index in [9.17, 15) is 14.4 Å². The second-order valence-electron chi connectivity index (χ2n) is 4.42. The Morgan fingerprint density at radius 2 is 1.57 bits per heavy atom. The minimum Gasteiger partial charge on any atom is -0.478 e. The molecule has 0 spiro atoms. The molecule has 0 unspecified atom stereocenters. The number of rotatable bonds is 6. The Kier molecular flexibility index (Phi) is 5.71. The van der Waals surface area contributed by atoms with Gasteiger partial charge in [0.05, 0.1) is 11.1 Å². The molecule has 0 aromatic heterocycles. The standard InChI is InChI=1S/C14H18N2O5/c1-3-5-16(4-2)14(21)15-11-7-9(12(17)18)6-10(8-11)13(19)20/h6-8H,3-5H2,1-2H3,(H,15,21)(H,17,18)(H,19,20). The smallest absolute Gasteiger partial charge is 0.335 e. The third kappa shape index (κ3) is 4.48. The molecule has 0 atom stereocenters. The van der Waals surface area contributed by atoms with E-state index in [1.165, 1.54) is 12.1 Å². The van der Waals surface area contributed by atoms with Crippen LogP contribution in [0.1, 0.15) is 41.0 Å². The molecule has 21 heavy (non-hydrogen) atoms. The molecule has 1 aromatic carbocycles. The molecule has 0 heterocycles. The number of benzene rings is 1. The van der Waals surface area contributed by atoms with E-state index in [2.05, 4.69) is 5.32 Å². The second-order valence-corrected chi connectivity index (χ2v) is 4.42. The van der Waals surface area contributed by atoms with Crippen LogP contribution in [0.5, 0.6) is 0 Å². The maximum absolute atomic E-state index is 12.0. The molecule has 0 saturated heterocycles. The van der Waals surface area contributed by atoms with Crippen molar-refractivity contribution in [3.05, 3.63) is 29.3 Å². The first kappa shape index (κ1) is 16.5. The van der Waals surface area contributed by atoms with Crippen LogP contribution in [0, 0.1) is 0 Å². The maximum Gasteiger partial charge on any atom is 0.335 e. The van der Waals surface area contributed by atoms with Gasteiger partial charge >= 0.3 is 18.0 Å². The van der Waals surface area contributed by atoms with Crippen LogP contribution in [0.25, 0.3) is 0 Å². The number of hydrogen-bond donors (Lipinski definition) is 3. The number of hydrogen-bond acceptors (Lipinski definition) is 3. The number of carboxylic acid groups (broad SMARTS) is 2. The Labute approximate surface area is 122 Å². The fourth-order valence-corrected chi connectivity index (χ4v) is 1.82. The number of carbonyl (C=O) groups excluding carboxylic acids is 1. The van der Waals surface area contributed by atoms with Gasteiger partial charge in [0.25, 0.3) is 0 Å². The Morgan fingerprint density at radius 1 is 1.05 bits per heavy atom. The molecular formula is C14H18N2O5. The summed E-state index contributed by atoms with van der Waals surface area (Å²) in [6.07, 6.45) is 0.788. The van der Waals surface area contributed by atoms with Crippen molar-refractivity contribution in [2.75, 3.05) is 18.4 Å². The monoisotopic (exact) mass is 294 g/mol. The van der Waals surface area contributed by atoms with E-state index < -0.39 is 18.0 Å². The number of nitrogens with zero attached hydrogens (tertiary/aromatic N) is 1. The molecule has 0 aliphatic carbocycles. The van der Waals surface area contributed by atoms with E-state index in [0.717, 1.165) is 12.5 Å². The Morgan fingerprint density at radius 3 is 1.95 bits per heavy atom. The van der Waals surface area contributed by atoms with Gasteiger partial charge in [0.1, 0.15) is 0 Å². The van der Waals surface area contributed by atoms with Gasteiger partial charge in [-0.15, -0.1) is 0 Å². The van der Waals surface area contributed by atoms with E-state index in [1.54, 1.807) is 4.90 Å². The van der Waals surface area contributed by atoms with Crippen LogP contribution in [0.4, 0.5) is 10.5 Å². The number of nitrogens with one attached hydrogen (secondary N) is 1. The highest BCUT2D eigenvalue weighted by molar-refractivity contribution is 5.98. The number of carbonyl (C=O) groups is 3. The summed E-state index contributed by atoms with van der Waals surface area (Å²) in [7, 11) is 0. The summed E-state index contributed by atoms with van der Waals surface area (Å²) in [5, 5.41) is 20.5. The van der Waals surface area contributed by atoms with Crippen LogP contribution in [-0.4, -0.2) is 46.2 Å². The average molecular weight is 294 g/mol. The first-order chi connectivity index (χ1) is 9.88. The second kappa shape index (κ2) is 7.28. The molecule has 0 saturated carbocycles. The van der Waals surface area contributed by atoms with Crippen LogP contribution >= 0.6 is 0 Å². The molecule has 1 aromatic rings. The van der Waals surface area contributed by atoms with E-state index in [-0.39, 0.29) is 16.8 Å². The summed E-state index contributed by atoms with van der Waals surface area (Å²) in [6.45, 7) is 4.83. The minimum atomic E-state index is -1.26. The van der Waals surface area contributed by atoms with Crippen LogP contribution < -0.4 is 5.32 Å². The van der Waals surface area contributed by atoms with Gasteiger partial charge in [0.15, 0.2) is 0 Å². The molecular weight excluding hydrogens is 276 g/mol. The van der Waals surface area contributed by atoms with Gasteiger partial charge in [0, 0.05) is 18.8 Å². The summed E-state index contributed by atoms with van der Waals surface area (Å²) >= 11 is 0. The molecule has 114 valence electrons. The van der Waals surface area contributed by atoms with Gasteiger partial charge in [-0.05, 0) is 31.5 Å². The van der Waals surface area contributed by atoms with Gasteiger partial charge in [-0.3, -0.25) is 0 Å². The molecule has 2 amide bonds. The molecule has 0 bridgehead atoms. The normalized spacial score (nSPS) is 10.0. The van der Waals surface area contributed by atoms with Gasteiger partial charge in [-0.1, -0.05) is 6.92 Å². The van der Waals surface area contributed by atoms with Gasteiger partial charge < -0.3 is 20.4 Å². The van der Waals surface area contributed by atoms with Crippen molar-refractivity contribution in [3.63, 3.8) is 0 Å². The third-order valence-electron chi connectivity index (χ3n) is 2.84. The van der Waals surface area contributed by atoms with E-state index in [0.29, 0.717) is 13.1 Å². The lowest BCUT2D eigenvalue weighted by atomic mass is 10.1. The topological polar surface area (TPSA) is 107 Å². The summed E-state index contributed by atoms with van der Waals surface area (Å²) < 4.78 is 0. The summed E-state index contributed by atoms with van der Waals surface area (Å²) in [6, 6.07) is 3.11. The number of urea groups is 1. The van der Waals surface area contributed by atoms with Crippen molar-refractivity contribution in [1.82, 2.24) is 4.90 Å². The van der Waals surface area contributed by atoms with E-state index in [1.807, 2.05) is 13.8 Å². The molecule has 0 aliphatic rings. The zero-order valence-electron chi connectivity index (χ0n) is 11.9. The quantitative estimate of drug-likeness (QED) is 0.746. The zero-order chi connectivity index (χ0) is 16.0. The highest BCUT2D eigenvalue weighted by Crippen LogP contribution is 2.16. The summed E-state index contributed by atoms with van der Waals surface area (Å²) in [5.41, 5.74) is -0.237. The maximum atomic E-state index is 12.0. The predicted octanol–water partition coefficient (Wildman–Crippen LogP) is 2.35. The van der Waals surface area contributed by atoms with Crippen LogP contribution in [-0.2, 0) is 0 Å². The molecule has 3 N–H and O–H groups in total. The molecule has 7 nitrogen and oxygen atoms in total. The molecule has 1 rings (SSSR count). The fourth-order valence-electron chi connectivity index (χ4n) is 1.82. The van der Waals surface area contributed by atoms with E-state index in [4.69, 9.17) is 10.2 Å². The largest absolute Gasteiger partial charge is 0.478 e. The van der Waals surface area contributed by atoms with Crippen LogP contribution in [0.15, 0.2) is 18.2 Å². The lowest BCUT2D eigenvalue weighted by Gasteiger charge is -2.20. The van der Waals surface area contributed by atoms with Crippen molar-refractivity contribution in [1.29, 1.82) is 0 Å². The highest BCUT2D eigenvalue weighted by atomic mass is 16.4. The fraction of sp³-hybridized carbons (Fsp3) is 0.357. The Balaban J connectivity index is 3.04. The van der Waals surface area contributed by atoms with Crippen molar-refractivity contribution < 1.29 is 24.6 Å². The minimum absolute atomic E-state index is 0.145. The first-order valence-electron chi connectivity index (χ1n) is 6.56. The molecule has 0 aliphatic heterocycles. The number of carboxylic acids is 2. The molecule has 7 heteroatoms. The van der Waals surface area contributed by atoms with Crippen molar-refractivity contribution in [2.45, 2.75) is 20.3 Å². The molecule has 0 radical (unpaired) electrons. The molecule has 0 fully saturated rings. The number of amides is 2. The van der Waals surface area contributed by atoms with Crippen molar-refractivity contribution in [2.24, 2.45) is 0 Å². The third-order valence-corrected chi connectivity index (χ3v) is 2.84. The van der Waals surface area contributed by atoms with Crippen molar-refractivity contribution in [3.8, 4) is 0 Å². The number of aromatic carboxylic acids is 2. The van der Waals surface area contributed by atoms with Crippen molar-refractivity contribution >= 4 is 23.7 Å². The first-order valence-corrected chi connectivity index (χ1v) is 6.56. The van der Waals surface area contributed by atoms with Crippen LogP contribution in [0.3, 0.4) is 0 Å². The number of anilines is 1. The lowest BCUT2D eigenvalue weighted by molar-refractivity contribution is 0.0696. The highest BCUT2D eigenvalue weighted by Gasteiger charge is 2.15. The average Bonchev–Trinajstić information content (AvgIpc) is 2.43. The summed E-state index contributed by atoms with van der Waals surface area (Å²) in [5.74, 6) is -2.51. The van der Waals surface area contributed by atoms with E-state index >= 15 is 0 Å². The van der Waals surface area contributed by atoms with Gasteiger partial charge in [-0.2, -0.15) is 0 Å². The lowest BCUT2D eigenvalue weighted by Crippen LogP contribution is -2.35.